The molecule has 3 aromatic rings. The first-order chi connectivity index (χ1) is 13.1. The number of hydrogen-bond donors (Lipinski definition) is 1. The highest BCUT2D eigenvalue weighted by atomic mass is 35.5. The first kappa shape index (κ1) is 16.9. The summed E-state index contributed by atoms with van der Waals surface area (Å²) >= 11 is 14.1. The molecular weight excluding hydrogens is 403 g/mol. The van der Waals surface area contributed by atoms with Gasteiger partial charge in [0.1, 0.15) is 11.5 Å². The summed E-state index contributed by atoms with van der Waals surface area (Å²) in [6.07, 6.45) is 5.09. The van der Waals surface area contributed by atoms with Gasteiger partial charge in [0.2, 0.25) is 0 Å². The van der Waals surface area contributed by atoms with Crippen molar-refractivity contribution >= 4 is 63.7 Å². The predicted molar refractivity (Wildman–Crippen MR) is 110 cm³/mol. The Morgan fingerprint density at radius 3 is 2.59 bits per heavy atom. The van der Waals surface area contributed by atoms with Gasteiger partial charge < -0.3 is 10.2 Å². The van der Waals surface area contributed by atoms with Crippen LogP contribution >= 0.6 is 35.0 Å². The molecule has 1 amide bonds. The molecule has 2 unspecified atom stereocenters. The number of thioether (sulfide) groups is 1. The number of halogens is 2. The van der Waals surface area contributed by atoms with Gasteiger partial charge in [-0.15, -0.1) is 0 Å². The van der Waals surface area contributed by atoms with Crippen LogP contribution in [0.15, 0.2) is 53.7 Å². The molecule has 2 fully saturated rings. The number of aromatic nitrogens is 2. The molecule has 2 saturated heterocycles. The lowest BCUT2D eigenvalue weighted by molar-refractivity contribution is -0.117. The second-order valence-electron chi connectivity index (χ2n) is 6.22. The third-order valence-electron chi connectivity index (χ3n) is 4.49. The summed E-state index contributed by atoms with van der Waals surface area (Å²) in [6.45, 7) is 0. The van der Waals surface area contributed by atoms with Crippen LogP contribution in [0.3, 0.4) is 0 Å². The second kappa shape index (κ2) is 6.41. The average molecular weight is 415 g/mol. The van der Waals surface area contributed by atoms with Crippen LogP contribution in [0.2, 0.25) is 10.0 Å². The number of fused-ring (bicyclic) bond motifs is 2. The molecule has 1 aromatic heterocycles. The Balaban J connectivity index is 1.44. The maximum Gasteiger partial charge on any atom is 0.259 e. The van der Waals surface area contributed by atoms with E-state index in [1.54, 1.807) is 30.6 Å². The van der Waals surface area contributed by atoms with Crippen LogP contribution < -0.4 is 10.2 Å². The van der Waals surface area contributed by atoms with Crippen LogP contribution in [0.1, 0.15) is 5.56 Å². The van der Waals surface area contributed by atoms with Crippen molar-refractivity contribution < 1.29 is 4.79 Å². The summed E-state index contributed by atoms with van der Waals surface area (Å²) in [6, 6.07) is 11.2. The number of anilines is 1. The fourth-order valence-corrected chi connectivity index (χ4v) is 5.01. The van der Waals surface area contributed by atoms with Gasteiger partial charge in [-0.1, -0.05) is 47.1 Å². The Bertz CT molecular complexity index is 1100. The van der Waals surface area contributed by atoms with E-state index in [2.05, 4.69) is 15.3 Å². The average Bonchev–Trinajstić information content (AvgIpc) is 3.33. The van der Waals surface area contributed by atoms with Crippen molar-refractivity contribution in [1.82, 2.24) is 15.3 Å². The smallest absolute Gasteiger partial charge is 0.259 e. The number of amides is 1. The molecule has 0 aliphatic carbocycles. The quantitative estimate of drug-likeness (QED) is 0.499. The Labute approximate surface area is 169 Å². The molecule has 2 aliphatic rings. The fraction of sp³-hybridized carbons (Fsp3) is 0.105. The largest absolute Gasteiger partial charge is 0.330 e. The van der Waals surface area contributed by atoms with E-state index in [0.29, 0.717) is 15.0 Å². The Morgan fingerprint density at radius 2 is 1.81 bits per heavy atom. The van der Waals surface area contributed by atoms with E-state index in [0.717, 1.165) is 22.3 Å². The van der Waals surface area contributed by atoms with Crippen molar-refractivity contribution in [2.45, 2.75) is 11.5 Å². The third-order valence-corrected chi connectivity index (χ3v) is 6.39. The summed E-state index contributed by atoms with van der Waals surface area (Å²) in [5, 5.41) is 4.24. The fourth-order valence-electron chi connectivity index (χ4n) is 3.18. The molecule has 8 heteroatoms. The number of nitrogens with one attached hydrogen (secondary N) is 1. The molecule has 134 valence electrons. The summed E-state index contributed by atoms with van der Waals surface area (Å²) in [4.78, 5) is 23.8. The standard InChI is InChI=1S/C19H12Cl2N4OS/c20-11-2-1-3-12(21)16(11)25-17-19(25)27-15(18(26)24-17)9-10-4-5-13-14(8-10)23-7-6-22-13/h1-9,17,19H,(H,24,26)/b15-9-. The lowest BCUT2D eigenvalue weighted by atomic mass is 10.2. The maximum atomic E-state index is 12.5. The van der Waals surface area contributed by atoms with Crippen LogP contribution in [-0.2, 0) is 4.79 Å². The van der Waals surface area contributed by atoms with Crippen LogP contribution in [0.5, 0.6) is 0 Å². The Kier molecular flexibility index (Phi) is 4.00. The zero-order chi connectivity index (χ0) is 18.5. The highest BCUT2D eigenvalue weighted by Gasteiger charge is 2.54. The van der Waals surface area contributed by atoms with Gasteiger partial charge in [0.05, 0.1) is 31.7 Å². The molecule has 5 nitrogen and oxygen atoms in total. The molecule has 2 aliphatic heterocycles. The molecule has 27 heavy (non-hydrogen) atoms. The second-order valence-corrected chi connectivity index (χ2v) is 8.19. The molecular formula is C19H12Cl2N4OS. The van der Waals surface area contributed by atoms with Gasteiger partial charge in [0, 0.05) is 12.4 Å². The number of hydrogen-bond acceptors (Lipinski definition) is 5. The maximum absolute atomic E-state index is 12.5. The lowest BCUT2D eigenvalue weighted by Crippen LogP contribution is -2.32. The SMILES string of the molecule is O=C1NC2C(S/C1=C\c1ccc3nccnc3c1)N2c1c(Cl)cccc1Cl. The van der Waals surface area contributed by atoms with Crippen molar-refractivity contribution in [2.24, 2.45) is 0 Å². The monoisotopic (exact) mass is 414 g/mol. The number of rotatable bonds is 2. The van der Waals surface area contributed by atoms with Crippen molar-refractivity contribution in [3.8, 4) is 0 Å². The zero-order valence-corrected chi connectivity index (χ0v) is 16.1. The van der Waals surface area contributed by atoms with E-state index in [4.69, 9.17) is 23.2 Å². The van der Waals surface area contributed by atoms with Gasteiger partial charge in [-0.3, -0.25) is 14.8 Å². The molecule has 0 radical (unpaired) electrons. The van der Waals surface area contributed by atoms with Gasteiger partial charge in [-0.2, -0.15) is 0 Å². The predicted octanol–water partition coefficient (Wildman–Crippen LogP) is 4.31. The van der Waals surface area contributed by atoms with Crippen LogP contribution in [0.25, 0.3) is 17.1 Å². The minimum Gasteiger partial charge on any atom is -0.330 e. The molecule has 0 bridgehead atoms. The van der Waals surface area contributed by atoms with Crippen molar-refractivity contribution in [3.05, 3.63) is 69.3 Å². The molecule has 1 N–H and O–H groups in total. The zero-order valence-electron chi connectivity index (χ0n) is 13.8. The van der Waals surface area contributed by atoms with Gasteiger partial charge >= 0.3 is 0 Å². The van der Waals surface area contributed by atoms with E-state index in [-0.39, 0.29) is 17.4 Å². The first-order valence-corrected chi connectivity index (χ1v) is 9.88. The first-order valence-electron chi connectivity index (χ1n) is 8.24. The molecule has 3 heterocycles. The van der Waals surface area contributed by atoms with Gasteiger partial charge in [-0.05, 0) is 35.9 Å². The number of benzene rings is 2. The number of nitrogens with zero attached hydrogens (tertiary/aromatic N) is 3. The van der Waals surface area contributed by atoms with Gasteiger partial charge in [0.25, 0.3) is 5.91 Å². The number of carbonyl (C=O) groups excluding carboxylic acids is 1. The lowest BCUT2D eigenvalue weighted by Gasteiger charge is -2.11. The molecule has 2 atom stereocenters. The summed E-state index contributed by atoms with van der Waals surface area (Å²) in [5.74, 6) is -0.105. The molecule has 5 rings (SSSR count). The highest BCUT2D eigenvalue weighted by molar-refractivity contribution is 8.05. The van der Waals surface area contributed by atoms with E-state index in [1.807, 2.05) is 29.2 Å². The van der Waals surface area contributed by atoms with E-state index in [9.17, 15) is 4.79 Å². The van der Waals surface area contributed by atoms with Gasteiger partial charge in [-0.25, -0.2) is 0 Å². The van der Waals surface area contributed by atoms with Crippen LogP contribution in [-0.4, -0.2) is 27.4 Å². The van der Waals surface area contributed by atoms with Crippen molar-refractivity contribution in [1.29, 1.82) is 0 Å². The number of para-hydroxylation sites is 1. The van der Waals surface area contributed by atoms with E-state index >= 15 is 0 Å². The normalized spacial score (nSPS) is 22.7. The molecule has 0 saturated carbocycles. The highest BCUT2D eigenvalue weighted by Crippen LogP contribution is 2.51. The Hall–Kier alpha value is -2.28. The third kappa shape index (κ3) is 2.94. The Morgan fingerprint density at radius 1 is 1.07 bits per heavy atom. The minimum absolute atomic E-state index is 0.0756. The summed E-state index contributed by atoms with van der Waals surface area (Å²) < 4.78 is 0. The minimum atomic E-state index is -0.105. The summed E-state index contributed by atoms with van der Waals surface area (Å²) in [5.41, 5.74) is 3.27. The van der Waals surface area contributed by atoms with E-state index in [1.165, 1.54) is 11.8 Å². The molecule has 2 aromatic carbocycles. The van der Waals surface area contributed by atoms with Crippen LogP contribution in [0, 0.1) is 0 Å². The van der Waals surface area contributed by atoms with E-state index < -0.39 is 0 Å². The summed E-state index contributed by atoms with van der Waals surface area (Å²) in [7, 11) is 0. The van der Waals surface area contributed by atoms with Crippen LogP contribution in [0.4, 0.5) is 5.69 Å². The number of carbonyl (C=O) groups is 1. The van der Waals surface area contributed by atoms with Crippen molar-refractivity contribution in [3.63, 3.8) is 0 Å². The topological polar surface area (TPSA) is 57.9 Å². The van der Waals surface area contributed by atoms with Crippen molar-refractivity contribution in [2.75, 3.05) is 4.90 Å². The molecule has 0 spiro atoms. The van der Waals surface area contributed by atoms with Gasteiger partial charge in [0.15, 0.2) is 0 Å².